The van der Waals surface area contributed by atoms with E-state index in [1.165, 1.54) is 6.20 Å². The number of aromatic nitrogens is 1. The highest BCUT2D eigenvalue weighted by molar-refractivity contribution is 6.29. The molecule has 2 rings (SSSR count). The van der Waals surface area contributed by atoms with E-state index in [0.29, 0.717) is 10.7 Å². The highest BCUT2D eigenvalue weighted by Gasteiger charge is 2.34. The molecule has 0 radical (unpaired) electrons. The molecule has 0 amide bonds. The SMILES string of the molecule is OCc1cnc(Cl)cc1C1(O)CCCC1. The molecular formula is C11H14ClNO2. The van der Waals surface area contributed by atoms with Gasteiger partial charge in [-0.2, -0.15) is 0 Å². The Morgan fingerprint density at radius 1 is 1.40 bits per heavy atom. The van der Waals surface area contributed by atoms with Crippen LogP contribution >= 0.6 is 11.6 Å². The first-order valence-electron chi connectivity index (χ1n) is 5.14. The fraction of sp³-hybridized carbons (Fsp3) is 0.545. The molecule has 1 heterocycles. The van der Waals surface area contributed by atoms with Crippen LogP contribution in [-0.2, 0) is 12.2 Å². The Morgan fingerprint density at radius 2 is 2.07 bits per heavy atom. The van der Waals surface area contributed by atoms with Crippen LogP contribution in [0.5, 0.6) is 0 Å². The van der Waals surface area contributed by atoms with Gasteiger partial charge >= 0.3 is 0 Å². The van der Waals surface area contributed by atoms with Crippen molar-refractivity contribution in [3.05, 3.63) is 28.5 Å². The topological polar surface area (TPSA) is 53.4 Å². The molecule has 1 fully saturated rings. The highest BCUT2D eigenvalue weighted by atomic mass is 35.5. The molecule has 1 aromatic heterocycles. The summed E-state index contributed by atoms with van der Waals surface area (Å²) in [7, 11) is 0. The van der Waals surface area contributed by atoms with Crippen LogP contribution in [0.15, 0.2) is 12.3 Å². The molecule has 0 bridgehead atoms. The molecule has 0 aromatic carbocycles. The summed E-state index contributed by atoms with van der Waals surface area (Å²) in [5.41, 5.74) is 0.594. The van der Waals surface area contributed by atoms with Crippen LogP contribution in [0, 0.1) is 0 Å². The molecule has 0 spiro atoms. The van der Waals surface area contributed by atoms with Gasteiger partial charge in [-0.1, -0.05) is 24.4 Å². The predicted octanol–water partition coefficient (Wildman–Crippen LogP) is 1.99. The Balaban J connectivity index is 2.44. The molecule has 0 aliphatic heterocycles. The molecule has 82 valence electrons. The maximum Gasteiger partial charge on any atom is 0.129 e. The third-order valence-corrected chi connectivity index (χ3v) is 3.26. The van der Waals surface area contributed by atoms with Crippen molar-refractivity contribution in [2.75, 3.05) is 0 Å². The van der Waals surface area contributed by atoms with Gasteiger partial charge in [-0.25, -0.2) is 4.98 Å². The second-order valence-electron chi connectivity index (χ2n) is 4.06. The molecule has 0 atom stereocenters. The Bertz CT molecular complexity index is 362. The molecule has 0 saturated heterocycles. The summed E-state index contributed by atoms with van der Waals surface area (Å²) >= 11 is 5.81. The number of hydrogen-bond donors (Lipinski definition) is 2. The van der Waals surface area contributed by atoms with Gasteiger partial charge in [0.25, 0.3) is 0 Å². The van der Waals surface area contributed by atoms with E-state index in [-0.39, 0.29) is 6.61 Å². The fourth-order valence-corrected chi connectivity index (χ4v) is 2.40. The first-order valence-corrected chi connectivity index (χ1v) is 5.52. The minimum atomic E-state index is -0.815. The lowest BCUT2D eigenvalue weighted by atomic mass is 9.90. The van der Waals surface area contributed by atoms with Crippen molar-refractivity contribution < 1.29 is 10.2 Å². The van der Waals surface area contributed by atoms with Gasteiger partial charge in [0, 0.05) is 11.8 Å². The Hall–Kier alpha value is -0.640. The summed E-state index contributed by atoms with van der Waals surface area (Å²) in [6.45, 7) is -0.109. The number of pyridine rings is 1. The van der Waals surface area contributed by atoms with Gasteiger partial charge < -0.3 is 10.2 Å². The van der Waals surface area contributed by atoms with E-state index in [1.54, 1.807) is 6.07 Å². The zero-order chi connectivity index (χ0) is 10.9. The van der Waals surface area contributed by atoms with Gasteiger partial charge in [-0.15, -0.1) is 0 Å². The van der Waals surface area contributed by atoms with E-state index >= 15 is 0 Å². The van der Waals surface area contributed by atoms with Crippen LogP contribution in [0.2, 0.25) is 5.15 Å². The fourth-order valence-electron chi connectivity index (χ4n) is 2.25. The lowest BCUT2D eigenvalue weighted by molar-refractivity contribution is 0.0421. The Morgan fingerprint density at radius 3 is 2.67 bits per heavy atom. The molecule has 2 N–H and O–H groups in total. The van der Waals surface area contributed by atoms with Crippen LogP contribution < -0.4 is 0 Å². The van der Waals surface area contributed by atoms with Crippen LogP contribution in [0.3, 0.4) is 0 Å². The number of nitrogens with zero attached hydrogens (tertiary/aromatic N) is 1. The summed E-state index contributed by atoms with van der Waals surface area (Å²) in [5.74, 6) is 0. The van der Waals surface area contributed by atoms with E-state index in [0.717, 1.165) is 31.2 Å². The predicted molar refractivity (Wildman–Crippen MR) is 57.5 cm³/mol. The lowest BCUT2D eigenvalue weighted by Crippen LogP contribution is -2.23. The van der Waals surface area contributed by atoms with Crippen LogP contribution in [0.1, 0.15) is 36.8 Å². The molecule has 1 saturated carbocycles. The quantitative estimate of drug-likeness (QED) is 0.760. The number of aliphatic hydroxyl groups excluding tert-OH is 1. The van der Waals surface area contributed by atoms with Crippen molar-refractivity contribution in [3.8, 4) is 0 Å². The average molecular weight is 228 g/mol. The van der Waals surface area contributed by atoms with Gasteiger partial charge in [0.2, 0.25) is 0 Å². The van der Waals surface area contributed by atoms with Gasteiger partial charge in [-0.3, -0.25) is 0 Å². The number of rotatable bonds is 2. The Kier molecular flexibility index (Phi) is 2.96. The molecular weight excluding hydrogens is 214 g/mol. The van der Waals surface area contributed by atoms with Crippen LogP contribution in [-0.4, -0.2) is 15.2 Å². The molecule has 0 unspecified atom stereocenters. The molecule has 1 aliphatic rings. The van der Waals surface area contributed by atoms with E-state index in [2.05, 4.69) is 4.98 Å². The highest BCUT2D eigenvalue weighted by Crippen LogP contribution is 2.40. The number of aliphatic hydroxyl groups is 2. The van der Waals surface area contributed by atoms with Crippen molar-refractivity contribution in [2.45, 2.75) is 37.9 Å². The zero-order valence-corrected chi connectivity index (χ0v) is 9.17. The monoisotopic (exact) mass is 227 g/mol. The second kappa shape index (κ2) is 4.08. The average Bonchev–Trinajstić information content (AvgIpc) is 2.66. The van der Waals surface area contributed by atoms with E-state index in [9.17, 15) is 10.2 Å². The normalized spacial score (nSPS) is 19.4. The van der Waals surface area contributed by atoms with E-state index in [4.69, 9.17) is 11.6 Å². The van der Waals surface area contributed by atoms with E-state index < -0.39 is 5.60 Å². The zero-order valence-electron chi connectivity index (χ0n) is 8.41. The molecule has 1 aliphatic carbocycles. The van der Waals surface area contributed by atoms with Crippen LogP contribution in [0.25, 0.3) is 0 Å². The minimum absolute atomic E-state index is 0.109. The van der Waals surface area contributed by atoms with Crippen molar-refractivity contribution >= 4 is 11.6 Å². The summed E-state index contributed by atoms with van der Waals surface area (Å²) in [6.07, 6.45) is 5.04. The smallest absolute Gasteiger partial charge is 0.129 e. The standard InChI is InChI=1S/C11H14ClNO2/c12-10-5-9(8(7-14)6-13-10)11(15)3-1-2-4-11/h5-6,14-15H,1-4,7H2. The number of hydrogen-bond acceptors (Lipinski definition) is 3. The maximum absolute atomic E-state index is 10.4. The largest absolute Gasteiger partial charge is 0.392 e. The van der Waals surface area contributed by atoms with Crippen molar-refractivity contribution in [1.82, 2.24) is 4.98 Å². The number of halogens is 1. The lowest BCUT2D eigenvalue weighted by Gasteiger charge is -2.25. The van der Waals surface area contributed by atoms with E-state index in [1.807, 2.05) is 0 Å². The Labute approximate surface area is 93.7 Å². The third kappa shape index (κ3) is 2.00. The summed E-state index contributed by atoms with van der Waals surface area (Å²) in [4.78, 5) is 3.91. The molecule has 15 heavy (non-hydrogen) atoms. The summed E-state index contributed by atoms with van der Waals surface area (Å²) in [6, 6.07) is 1.67. The summed E-state index contributed by atoms with van der Waals surface area (Å²) < 4.78 is 0. The molecule has 3 nitrogen and oxygen atoms in total. The van der Waals surface area contributed by atoms with Gasteiger partial charge in [0.1, 0.15) is 5.15 Å². The molecule has 1 aromatic rings. The van der Waals surface area contributed by atoms with Crippen molar-refractivity contribution in [3.63, 3.8) is 0 Å². The maximum atomic E-state index is 10.4. The first kappa shape index (κ1) is 10.9. The minimum Gasteiger partial charge on any atom is -0.392 e. The van der Waals surface area contributed by atoms with Crippen LogP contribution in [0.4, 0.5) is 0 Å². The van der Waals surface area contributed by atoms with Crippen molar-refractivity contribution in [1.29, 1.82) is 0 Å². The third-order valence-electron chi connectivity index (χ3n) is 3.06. The van der Waals surface area contributed by atoms with Gasteiger partial charge in [0.15, 0.2) is 0 Å². The van der Waals surface area contributed by atoms with Gasteiger partial charge in [0.05, 0.1) is 12.2 Å². The molecule has 4 heteroatoms. The second-order valence-corrected chi connectivity index (χ2v) is 4.45. The summed E-state index contributed by atoms with van der Waals surface area (Å²) in [5, 5.41) is 20.0. The van der Waals surface area contributed by atoms with Crippen molar-refractivity contribution in [2.24, 2.45) is 0 Å². The van der Waals surface area contributed by atoms with Gasteiger partial charge in [-0.05, 0) is 24.5 Å². The first-order chi connectivity index (χ1) is 7.15.